The van der Waals surface area contributed by atoms with E-state index in [2.05, 4.69) is 38.5 Å². The highest BCUT2D eigenvalue weighted by atomic mass is 79.9. The van der Waals surface area contributed by atoms with E-state index in [1.165, 1.54) is 11.8 Å². The van der Waals surface area contributed by atoms with E-state index in [0.29, 0.717) is 17.4 Å². The van der Waals surface area contributed by atoms with Crippen molar-refractivity contribution in [1.29, 1.82) is 0 Å². The van der Waals surface area contributed by atoms with Crippen LogP contribution in [0, 0.1) is 0 Å². The second-order valence-electron chi connectivity index (χ2n) is 4.90. The third kappa shape index (κ3) is 5.14. The average Bonchev–Trinajstić information content (AvgIpc) is 2.82. The van der Waals surface area contributed by atoms with Gasteiger partial charge in [-0.25, -0.2) is 0 Å². The summed E-state index contributed by atoms with van der Waals surface area (Å²) in [6.07, 6.45) is 2.20. The van der Waals surface area contributed by atoms with E-state index >= 15 is 0 Å². The Balaban J connectivity index is 1.85. The smallest absolute Gasteiger partial charge is 0.240 e. The molecule has 0 spiro atoms. The Kier molecular flexibility index (Phi) is 6.45. The molecule has 2 amide bonds. The van der Waals surface area contributed by atoms with E-state index < -0.39 is 5.25 Å². The van der Waals surface area contributed by atoms with E-state index in [1.807, 2.05) is 24.3 Å². The van der Waals surface area contributed by atoms with Gasteiger partial charge in [-0.1, -0.05) is 41.0 Å². The van der Waals surface area contributed by atoms with Crippen LogP contribution >= 0.6 is 27.7 Å². The minimum atomic E-state index is -0.407. The lowest BCUT2D eigenvalue weighted by atomic mass is 10.2. The van der Waals surface area contributed by atoms with Gasteiger partial charge in [-0.05, 0) is 30.7 Å². The molecular formula is C15H18BrN3O2S. The number of carbonyl (C=O) groups is 2. The van der Waals surface area contributed by atoms with Gasteiger partial charge >= 0.3 is 0 Å². The number of nitrogens with one attached hydrogen (secondary N) is 2. The number of benzene rings is 1. The molecule has 2 rings (SSSR count). The summed E-state index contributed by atoms with van der Waals surface area (Å²) < 4.78 is 0.948. The van der Waals surface area contributed by atoms with Crippen molar-refractivity contribution in [3.05, 3.63) is 28.7 Å². The van der Waals surface area contributed by atoms with Crippen LogP contribution in [0.5, 0.6) is 0 Å². The highest BCUT2D eigenvalue weighted by molar-refractivity contribution is 9.10. The second-order valence-corrected chi connectivity index (χ2v) is 7.00. The van der Waals surface area contributed by atoms with Gasteiger partial charge in [0.2, 0.25) is 11.8 Å². The number of hydrogen-bond donors (Lipinski definition) is 2. The molecule has 1 atom stereocenters. The standard InChI is InChI=1S/C15H18BrN3O2S/c1-2-3-8-17-15-19-14(21)12(22-15)9-13(20)18-11-6-4-10(16)5-7-11/h4-7,12H,2-3,8-9H2,1H3,(H,18,20)(H,17,19,21)/t12-/m0/s1. The number of anilines is 1. The molecule has 1 heterocycles. The van der Waals surface area contributed by atoms with Crippen LogP contribution in [-0.4, -0.2) is 28.8 Å². The SMILES string of the molecule is CCCCN=C1NC(=O)[C@H](CC(=O)Nc2ccc(Br)cc2)S1. The maximum absolute atomic E-state index is 12.0. The minimum Gasteiger partial charge on any atom is -0.326 e. The van der Waals surface area contributed by atoms with Crippen LogP contribution in [0.3, 0.4) is 0 Å². The number of rotatable bonds is 6. The summed E-state index contributed by atoms with van der Waals surface area (Å²) >= 11 is 4.67. The van der Waals surface area contributed by atoms with Gasteiger partial charge in [0.25, 0.3) is 0 Å². The van der Waals surface area contributed by atoms with E-state index in [1.54, 1.807) is 0 Å². The number of amides is 2. The molecule has 1 aromatic carbocycles. The van der Waals surface area contributed by atoms with Crippen molar-refractivity contribution in [2.75, 3.05) is 11.9 Å². The maximum atomic E-state index is 12.0. The Morgan fingerprint density at radius 3 is 2.82 bits per heavy atom. The lowest BCUT2D eigenvalue weighted by Gasteiger charge is -2.07. The van der Waals surface area contributed by atoms with Gasteiger partial charge < -0.3 is 10.6 Å². The third-order valence-electron chi connectivity index (χ3n) is 3.04. The molecule has 0 unspecified atom stereocenters. The normalized spacial score (nSPS) is 19.3. The molecular weight excluding hydrogens is 366 g/mol. The Labute approximate surface area is 142 Å². The number of nitrogens with zero attached hydrogens (tertiary/aromatic N) is 1. The van der Waals surface area contributed by atoms with Gasteiger partial charge in [0.05, 0.1) is 0 Å². The van der Waals surface area contributed by atoms with Crippen LogP contribution in [0.4, 0.5) is 5.69 Å². The molecule has 1 aliphatic rings. The topological polar surface area (TPSA) is 70.6 Å². The van der Waals surface area contributed by atoms with Crippen molar-refractivity contribution in [3.63, 3.8) is 0 Å². The van der Waals surface area contributed by atoms with Gasteiger partial charge in [0, 0.05) is 23.1 Å². The number of aliphatic imine (C=N–C) groups is 1. The van der Waals surface area contributed by atoms with Crippen molar-refractivity contribution in [2.45, 2.75) is 31.4 Å². The van der Waals surface area contributed by atoms with Gasteiger partial charge in [-0.3, -0.25) is 14.6 Å². The molecule has 5 nitrogen and oxygen atoms in total. The molecule has 0 aromatic heterocycles. The average molecular weight is 384 g/mol. The lowest BCUT2D eigenvalue weighted by Crippen LogP contribution is -2.28. The number of amidine groups is 1. The fourth-order valence-corrected chi connectivity index (χ4v) is 3.13. The van der Waals surface area contributed by atoms with Crippen LogP contribution in [0.1, 0.15) is 26.2 Å². The zero-order valence-corrected chi connectivity index (χ0v) is 14.7. The van der Waals surface area contributed by atoms with Crippen molar-refractivity contribution < 1.29 is 9.59 Å². The summed E-state index contributed by atoms with van der Waals surface area (Å²) in [7, 11) is 0. The molecule has 22 heavy (non-hydrogen) atoms. The summed E-state index contributed by atoms with van der Waals surface area (Å²) in [5.41, 5.74) is 0.716. The van der Waals surface area contributed by atoms with Gasteiger partial charge in [-0.2, -0.15) is 0 Å². The zero-order chi connectivity index (χ0) is 15.9. The van der Waals surface area contributed by atoms with Crippen molar-refractivity contribution in [2.24, 2.45) is 4.99 Å². The summed E-state index contributed by atoms with van der Waals surface area (Å²) in [5, 5.41) is 5.74. The first-order valence-electron chi connectivity index (χ1n) is 7.16. The molecule has 1 aromatic rings. The van der Waals surface area contributed by atoms with Crippen LogP contribution in [0.25, 0.3) is 0 Å². The quantitative estimate of drug-likeness (QED) is 0.741. The molecule has 0 aliphatic carbocycles. The largest absolute Gasteiger partial charge is 0.326 e. The van der Waals surface area contributed by atoms with E-state index in [9.17, 15) is 9.59 Å². The predicted molar refractivity (Wildman–Crippen MR) is 94.1 cm³/mol. The number of thioether (sulfide) groups is 1. The summed E-state index contributed by atoms with van der Waals surface area (Å²) in [4.78, 5) is 28.2. The fourth-order valence-electron chi connectivity index (χ4n) is 1.87. The molecule has 0 radical (unpaired) electrons. The van der Waals surface area contributed by atoms with Crippen LogP contribution < -0.4 is 10.6 Å². The minimum absolute atomic E-state index is 0.138. The maximum Gasteiger partial charge on any atom is 0.240 e. The number of carbonyl (C=O) groups excluding carboxylic acids is 2. The van der Waals surface area contributed by atoms with E-state index in [0.717, 1.165) is 17.3 Å². The van der Waals surface area contributed by atoms with Crippen LogP contribution in [-0.2, 0) is 9.59 Å². The van der Waals surface area contributed by atoms with Crippen molar-refractivity contribution in [3.8, 4) is 0 Å². The molecule has 1 fully saturated rings. The van der Waals surface area contributed by atoms with Gasteiger partial charge in [-0.15, -0.1) is 0 Å². The molecule has 7 heteroatoms. The summed E-state index contributed by atoms with van der Waals surface area (Å²) in [6.45, 7) is 2.80. The Morgan fingerprint density at radius 2 is 2.14 bits per heavy atom. The Hall–Kier alpha value is -1.34. The Morgan fingerprint density at radius 1 is 1.41 bits per heavy atom. The van der Waals surface area contributed by atoms with Crippen LogP contribution in [0.15, 0.2) is 33.7 Å². The molecule has 1 saturated heterocycles. The number of hydrogen-bond acceptors (Lipinski definition) is 4. The number of unbranched alkanes of at least 4 members (excludes halogenated alkanes) is 1. The Bertz CT molecular complexity index is 575. The molecule has 0 bridgehead atoms. The van der Waals surface area contributed by atoms with Gasteiger partial charge in [0.1, 0.15) is 5.25 Å². The van der Waals surface area contributed by atoms with Crippen molar-refractivity contribution in [1.82, 2.24) is 5.32 Å². The second kappa shape index (κ2) is 8.33. The first kappa shape index (κ1) is 17.0. The van der Waals surface area contributed by atoms with Crippen LogP contribution in [0.2, 0.25) is 0 Å². The first-order valence-corrected chi connectivity index (χ1v) is 8.83. The predicted octanol–water partition coefficient (Wildman–Crippen LogP) is 3.17. The third-order valence-corrected chi connectivity index (χ3v) is 4.69. The van der Waals surface area contributed by atoms with E-state index in [4.69, 9.17) is 0 Å². The summed E-state index contributed by atoms with van der Waals surface area (Å²) in [5.74, 6) is -0.323. The molecule has 1 aliphatic heterocycles. The molecule has 118 valence electrons. The highest BCUT2D eigenvalue weighted by Crippen LogP contribution is 2.23. The molecule has 0 saturated carbocycles. The van der Waals surface area contributed by atoms with Gasteiger partial charge in [0.15, 0.2) is 5.17 Å². The summed E-state index contributed by atoms with van der Waals surface area (Å²) in [6, 6.07) is 7.32. The fraction of sp³-hybridized carbons (Fsp3) is 0.400. The van der Waals surface area contributed by atoms with E-state index in [-0.39, 0.29) is 18.2 Å². The monoisotopic (exact) mass is 383 g/mol. The first-order chi connectivity index (χ1) is 10.6. The molecule has 2 N–H and O–H groups in total. The number of halogens is 1. The zero-order valence-electron chi connectivity index (χ0n) is 12.3. The highest BCUT2D eigenvalue weighted by Gasteiger charge is 2.31. The van der Waals surface area contributed by atoms with Crippen molar-refractivity contribution >= 4 is 50.4 Å². The lowest BCUT2D eigenvalue weighted by molar-refractivity contribution is -0.122.